The van der Waals surface area contributed by atoms with Gasteiger partial charge in [0.1, 0.15) is 5.38 Å². The van der Waals surface area contributed by atoms with Gasteiger partial charge in [0.25, 0.3) is 0 Å². The average Bonchev–Trinajstić information content (AvgIpc) is 2.82. The number of carbonyl (C=O) groups excluding carboxylic acids is 2. The summed E-state index contributed by atoms with van der Waals surface area (Å²) < 4.78 is 9.89. The Labute approximate surface area is 106 Å². The molecule has 3 unspecified atom stereocenters. The fourth-order valence-corrected chi connectivity index (χ4v) is 2.05. The van der Waals surface area contributed by atoms with Crippen molar-refractivity contribution in [2.75, 3.05) is 20.3 Å². The van der Waals surface area contributed by atoms with Crippen LogP contribution in [-0.2, 0) is 19.1 Å². The van der Waals surface area contributed by atoms with Crippen molar-refractivity contribution in [2.24, 2.45) is 5.92 Å². The highest BCUT2D eigenvalue weighted by atomic mass is 35.5. The Bertz CT molecular complexity index is 285. The summed E-state index contributed by atoms with van der Waals surface area (Å²) in [5, 5.41) is 1.81. The maximum atomic E-state index is 11.8. The van der Waals surface area contributed by atoms with Crippen LogP contribution >= 0.6 is 11.6 Å². The van der Waals surface area contributed by atoms with Crippen molar-refractivity contribution in [2.45, 2.75) is 31.2 Å². The average molecular weight is 264 g/mol. The van der Waals surface area contributed by atoms with Gasteiger partial charge in [0, 0.05) is 13.2 Å². The third-order valence-electron chi connectivity index (χ3n) is 2.86. The van der Waals surface area contributed by atoms with Crippen molar-refractivity contribution in [3.63, 3.8) is 0 Å². The van der Waals surface area contributed by atoms with Crippen LogP contribution in [0.25, 0.3) is 0 Å². The van der Waals surface area contributed by atoms with E-state index in [0.29, 0.717) is 6.61 Å². The molecule has 5 nitrogen and oxygen atoms in total. The summed E-state index contributed by atoms with van der Waals surface area (Å²) in [5.74, 6) is -0.785. The Morgan fingerprint density at radius 3 is 2.88 bits per heavy atom. The van der Waals surface area contributed by atoms with Gasteiger partial charge in [-0.2, -0.15) is 0 Å². The van der Waals surface area contributed by atoms with E-state index in [1.165, 1.54) is 7.11 Å². The summed E-state index contributed by atoms with van der Waals surface area (Å²) in [6.07, 6.45) is 1.50. The number of amides is 1. The van der Waals surface area contributed by atoms with Crippen LogP contribution in [0.1, 0.15) is 19.8 Å². The minimum absolute atomic E-state index is 0.0260. The molecule has 0 aromatic rings. The first-order valence-corrected chi connectivity index (χ1v) is 6.15. The monoisotopic (exact) mass is 263 g/mol. The number of hydrogen-bond donors (Lipinski definition) is 1. The number of carbonyl (C=O) groups is 2. The van der Waals surface area contributed by atoms with E-state index in [4.69, 9.17) is 16.3 Å². The molecule has 0 aromatic carbocycles. The van der Waals surface area contributed by atoms with Crippen LogP contribution < -0.4 is 5.32 Å². The van der Waals surface area contributed by atoms with Crippen LogP contribution in [0, 0.1) is 5.92 Å². The second-order valence-electron chi connectivity index (χ2n) is 3.95. The van der Waals surface area contributed by atoms with Gasteiger partial charge in [-0.05, 0) is 12.8 Å². The van der Waals surface area contributed by atoms with E-state index >= 15 is 0 Å². The summed E-state index contributed by atoms with van der Waals surface area (Å²) in [5.41, 5.74) is 0. The quantitative estimate of drug-likeness (QED) is 0.586. The van der Waals surface area contributed by atoms with E-state index in [0.717, 1.165) is 12.8 Å². The molecule has 1 N–H and O–H groups in total. The SMILES string of the molecule is CCC1OCCC1C(=O)NCC(Cl)C(=O)OC. The number of rotatable bonds is 5. The van der Waals surface area contributed by atoms with Crippen LogP contribution in [0.15, 0.2) is 0 Å². The van der Waals surface area contributed by atoms with Gasteiger partial charge < -0.3 is 14.8 Å². The summed E-state index contributed by atoms with van der Waals surface area (Å²) in [6.45, 7) is 2.67. The third-order valence-corrected chi connectivity index (χ3v) is 3.19. The Kier molecular flexibility index (Phi) is 5.71. The van der Waals surface area contributed by atoms with E-state index in [1.54, 1.807) is 0 Å². The van der Waals surface area contributed by atoms with Gasteiger partial charge >= 0.3 is 5.97 Å². The minimum atomic E-state index is -0.841. The van der Waals surface area contributed by atoms with E-state index in [1.807, 2.05) is 6.92 Å². The molecule has 0 aromatic heterocycles. The number of nitrogens with one attached hydrogen (secondary N) is 1. The van der Waals surface area contributed by atoms with Crippen LogP contribution in [-0.4, -0.2) is 43.6 Å². The van der Waals surface area contributed by atoms with E-state index in [9.17, 15) is 9.59 Å². The van der Waals surface area contributed by atoms with Crippen LogP contribution in [0.3, 0.4) is 0 Å². The summed E-state index contributed by atoms with van der Waals surface area (Å²) >= 11 is 5.73. The lowest BCUT2D eigenvalue weighted by atomic mass is 9.99. The van der Waals surface area contributed by atoms with Crippen molar-refractivity contribution in [3.05, 3.63) is 0 Å². The third kappa shape index (κ3) is 3.85. The maximum Gasteiger partial charge on any atom is 0.325 e. The van der Waals surface area contributed by atoms with Crippen molar-refractivity contribution < 1.29 is 19.1 Å². The van der Waals surface area contributed by atoms with Crippen molar-refractivity contribution in [1.29, 1.82) is 0 Å². The first-order valence-electron chi connectivity index (χ1n) is 5.71. The molecule has 1 heterocycles. The van der Waals surface area contributed by atoms with Gasteiger partial charge in [0.05, 0.1) is 19.1 Å². The molecule has 98 valence electrons. The Morgan fingerprint density at radius 2 is 2.29 bits per heavy atom. The number of esters is 1. The topological polar surface area (TPSA) is 64.6 Å². The Hall–Kier alpha value is -0.810. The largest absolute Gasteiger partial charge is 0.468 e. The molecule has 1 rings (SSSR count). The molecule has 1 aliphatic rings. The van der Waals surface area contributed by atoms with Crippen LogP contribution in [0.2, 0.25) is 0 Å². The van der Waals surface area contributed by atoms with Gasteiger partial charge in [-0.25, -0.2) is 0 Å². The van der Waals surface area contributed by atoms with Gasteiger partial charge in [0.15, 0.2) is 0 Å². The zero-order chi connectivity index (χ0) is 12.8. The summed E-state index contributed by atoms with van der Waals surface area (Å²) in [7, 11) is 1.26. The van der Waals surface area contributed by atoms with Crippen LogP contribution in [0.5, 0.6) is 0 Å². The predicted octanol–water partition coefficient (Wildman–Crippen LogP) is 0.698. The molecule has 0 spiro atoms. The fourth-order valence-electron chi connectivity index (χ4n) is 1.88. The fraction of sp³-hybridized carbons (Fsp3) is 0.818. The summed E-state index contributed by atoms with van der Waals surface area (Å²) in [6, 6.07) is 0. The van der Waals surface area contributed by atoms with E-state index < -0.39 is 11.3 Å². The Morgan fingerprint density at radius 1 is 1.59 bits per heavy atom. The zero-order valence-corrected chi connectivity index (χ0v) is 10.8. The number of methoxy groups -OCH3 is 1. The second kappa shape index (κ2) is 6.81. The molecular formula is C11H18ClNO4. The smallest absolute Gasteiger partial charge is 0.325 e. The van der Waals surface area contributed by atoms with Crippen LogP contribution in [0.4, 0.5) is 0 Å². The lowest BCUT2D eigenvalue weighted by molar-refractivity contribution is -0.140. The minimum Gasteiger partial charge on any atom is -0.468 e. The molecule has 0 radical (unpaired) electrons. The number of ether oxygens (including phenoxy) is 2. The molecule has 0 bridgehead atoms. The standard InChI is InChI=1S/C11H18ClNO4/c1-3-9-7(4-5-17-9)10(14)13-6-8(12)11(15)16-2/h7-9H,3-6H2,1-2H3,(H,13,14). The molecule has 1 saturated heterocycles. The van der Waals surface area contributed by atoms with Gasteiger partial charge in [-0.15, -0.1) is 11.6 Å². The first kappa shape index (κ1) is 14.3. The Balaban J connectivity index is 2.36. The van der Waals surface area contributed by atoms with E-state index in [-0.39, 0.29) is 24.5 Å². The van der Waals surface area contributed by atoms with Gasteiger partial charge in [-0.1, -0.05) is 6.92 Å². The zero-order valence-electron chi connectivity index (χ0n) is 10.1. The maximum absolute atomic E-state index is 11.8. The van der Waals surface area contributed by atoms with E-state index in [2.05, 4.69) is 10.1 Å². The molecule has 0 aliphatic carbocycles. The van der Waals surface area contributed by atoms with Gasteiger partial charge in [0.2, 0.25) is 5.91 Å². The van der Waals surface area contributed by atoms with Crippen molar-refractivity contribution in [1.82, 2.24) is 5.32 Å². The molecule has 1 aliphatic heterocycles. The number of hydrogen-bond acceptors (Lipinski definition) is 4. The normalized spacial score (nSPS) is 25.4. The lowest BCUT2D eigenvalue weighted by Gasteiger charge is -2.17. The summed E-state index contributed by atoms with van der Waals surface area (Å²) in [4.78, 5) is 22.9. The highest BCUT2D eigenvalue weighted by molar-refractivity contribution is 6.30. The molecule has 0 saturated carbocycles. The number of halogens is 1. The first-order chi connectivity index (χ1) is 8.10. The highest BCUT2D eigenvalue weighted by Crippen LogP contribution is 2.23. The molecular weight excluding hydrogens is 246 g/mol. The molecule has 17 heavy (non-hydrogen) atoms. The molecule has 3 atom stereocenters. The number of alkyl halides is 1. The lowest BCUT2D eigenvalue weighted by Crippen LogP contribution is -2.40. The molecule has 1 amide bonds. The second-order valence-corrected chi connectivity index (χ2v) is 4.48. The van der Waals surface area contributed by atoms with Gasteiger partial charge in [-0.3, -0.25) is 9.59 Å². The predicted molar refractivity (Wildman–Crippen MR) is 62.8 cm³/mol. The molecule has 1 fully saturated rings. The molecule has 6 heteroatoms. The van der Waals surface area contributed by atoms with Crippen molar-refractivity contribution >= 4 is 23.5 Å². The highest BCUT2D eigenvalue weighted by Gasteiger charge is 2.33. The van der Waals surface area contributed by atoms with Crippen molar-refractivity contribution in [3.8, 4) is 0 Å².